The Morgan fingerprint density at radius 2 is 2.05 bits per heavy atom. The van der Waals surface area contributed by atoms with Gasteiger partial charge in [0.05, 0.1) is 12.1 Å². The molecule has 0 bridgehead atoms. The van der Waals surface area contributed by atoms with Crippen LogP contribution >= 0.6 is 0 Å². The number of fused-ring (bicyclic) bond motifs is 1. The zero-order valence-corrected chi connectivity index (χ0v) is 13.4. The fourth-order valence-corrected chi connectivity index (χ4v) is 2.63. The van der Waals surface area contributed by atoms with Gasteiger partial charge in [-0.1, -0.05) is 13.0 Å². The van der Waals surface area contributed by atoms with Gasteiger partial charge in [-0.05, 0) is 56.9 Å². The number of aliphatic hydroxyl groups excluding tert-OH is 1. The Bertz CT molecular complexity index is 677. The SMILES string of the molecule is CCc1cc(C)c2c(ccn2C(=O)OC(C)(C)C)c1CO. The summed E-state index contributed by atoms with van der Waals surface area (Å²) >= 11 is 0. The summed E-state index contributed by atoms with van der Waals surface area (Å²) in [6.07, 6.45) is 2.17. The van der Waals surface area contributed by atoms with Crippen LogP contribution in [0.2, 0.25) is 0 Å². The van der Waals surface area contributed by atoms with Crippen molar-refractivity contribution >= 4 is 17.0 Å². The molecule has 0 fully saturated rings. The smallest absolute Gasteiger partial charge is 0.418 e. The summed E-state index contributed by atoms with van der Waals surface area (Å²) in [4.78, 5) is 12.3. The van der Waals surface area contributed by atoms with E-state index in [1.165, 1.54) is 4.57 Å². The van der Waals surface area contributed by atoms with E-state index in [4.69, 9.17) is 4.74 Å². The van der Waals surface area contributed by atoms with Crippen LogP contribution in [0.25, 0.3) is 10.9 Å². The lowest BCUT2D eigenvalue weighted by atomic mass is 9.98. The van der Waals surface area contributed by atoms with E-state index in [1.807, 2.05) is 39.8 Å². The Morgan fingerprint density at radius 1 is 1.38 bits per heavy atom. The highest BCUT2D eigenvalue weighted by Crippen LogP contribution is 2.28. The molecule has 0 unspecified atom stereocenters. The van der Waals surface area contributed by atoms with Gasteiger partial charge in [0.25, 0.3) is 0 Å². The second-order valence-corrected chi connectivity index (χ2v) is 6.27. The van der Waals surface area contributed by atoms with E-state index in [-0.39, 0.29) is 6.61 Å². The molecular weight excluding hydrogens is 266 g/mol. The molecule has 0 spiro atoms. The fraction of sp³-hybridized carbons (Fsp3) is 0.471. The average Bonchev–Trinajstić information content (AvgIpc) is 2.81. The molecule has 2 aromatic rings. The van der Waals surface area contributed by atoms with E-state index in [1.54, 1.807) is 6.20 Å². The van der Waals surface area contributed by atoms with Gasteiger partial charge in [-0.25, -0.2) is 4.79 Å². The van der Waals surface area contributed by atoms with Crippen molar-refractivity contribution in [3.63, 3.8) is 0 Å². The van der Waals surface area contributed by atoms with Crippen LogP contribution in [-0.4, -0.2) is 21.4 Å². The summed E-state index contributed by atoms with van der Waals surface area (Å²) in [5.41, 5.74) is 3.29. The van der Waals surface area contributed by atoms with Crippen molar-refractivity contribution in [2.75, 3.05) is 0 Å². The van der Waals surface area contributed by atoms with Crippen molar-refractivity contribution in [3.05, 3.63) is 35.0 Å². The number of benzene rings is 1. The zero-order chi connectivity index (χ0) is 15.8. The predicted octanol–water partition coefficient (Wildman–Crippen LogP) is 3.79. The minimum Gasteiger partial charge on any atom is -0.443 e. The average molecular weight is 289 g/mol. The molecule has 21 heavy (non-hydrogen) atoms. The van der Waals surface area contributed by atoms with E-state index in [9.17, 15) is 9.90 Å². The highest BCUT2D eigenvalue weighted by molar-refractivity contribution is 5.94. The van der Waals surface area contributed by atoms with E-state index in [0.29, 0.717) is 0 Å². The fourth-order valence-electron chi connectivity index (χ4n) is 2.63. The Hall–Kier alpha value is -1.81. The third-order valence-electron chi connectivity index (χ3n) is 3.49. The molecule has 0 aliphatic rings. The molecular formula is C17H23NO3. The van der Waals surface area contributed by atoms with Crippen LogP contribution in [0, 0.1) is 6.92 Å². The normalized spacial score (nSPS) is 11.9. The number of rotatable bonds is 2. The van der Waals surface area contributed by atoms with Crippen LogP contribution in [0.3, 0.4) is 0 Å². The summed E-state index contributed by atoms with van der Waals surface area (Å²) in [6.45, 7) is 9.54. The first-order valence-corrected chi connectivity index (χ1v) is 7.25. The standard InChI is InChI=1S/C17H23NO3/c1-6-12-9-11(2)15-13(14(12)10-19)7-8-18(15)16(20)21-17(3,4)5/h7-9,19H,6,10H2,1-5H3. The lowest BCUT2D eigenvalue weighted by Gasteiger charge is -2.20. The van der Waals surface area contributed by atoms with E-state index < -0.39 is 11.7 Å². The van der Waals surface area contributed by atoms with Gasteiger partial charge >= 0.3 is 6.09 Å². The number of nitrogens with zero attached hydrogens (tertiary/aromatic N) is 1. The second kappa shape index (κ2) is 5.53. The highest BCUT2D eigenvalue weighted by atomic mass is 16.6. The number of aliphatic hydroxyl groups is 1. The van der Waals surface area contributed by atoms with Crippen molar-refractivity contribution in [1.82, 2.24) is 4.57 Å². The molecule has 1 aromatic heterocycles. The highest BCUT2D eigenvalue weighted by Gasteiger charge is 2.21. The number of aromatic nitrogens is 1. The molecule has 0 amide bonds. The minimum atomic E-state index is -0.537. The van der Waals surface area contributed by atoms with Gasteiger partial charge in [0.15, 0.2) is 0 Å². The number of hydrogen-bond donors (Lipinski definition) is 1. The molecule has 4 heteroatoms. The number of carbonyl (C=O) groups is 1. The Balaban J connectivity index is 2.61. The lowest BCUT2D eigenvalue weighted by molar-refractivity contribution is 0.0544. The number of aryl methyl sites for hydroxylation is 2. The van der Waals surface area contributed by atoms with E-state index >= 15 is 0 Å². The van der Waals surface area contributed by atoms with Gasteiger partial charge in [-0.3, -0.25) is 4.57 Å². The third-order valence-corrected chi connectivity index (χ3v) is 3.49. The lowest BCUT2D eigenvalue weighted by Crippen LogP contribution is -2.26. The maximum absolute atomic E-state index is 12.3. The molecule has 1 N–H and O–H groups in total. The maximum Gasteiger partial charge on any atom is 0.418 e. The van der Waals surface area contributed by atoms with Crippen LogP contribution in [0.1, 0.15) is 44.4 Å². The Kier molecular flexibility index (Phi) is 4.10. The first-order chi connectivity index (χ1) is 9.78. The third kappa shape index (κ3) is 2.95. The summed E-state index contributed by atoms with van der Waals surface area (Å²) in [6, 6.07) is 3.91. The molecule has 1 heterocycles. The number of hydrogen-bond acceptors (Lipinski definition) is 3. The molecule has 0 saturated heterocycles. The molecule has 0 saturated carbocycles. The number of ether oxygens (including phenoxy) is 1. The van der Waals surface area contributed by atoms with Gasteiger partial charge in [-0.2, -0.15) is 0 Å². The van der Waals surface area contributed by atoms with Gasteiger partial charge in [-0.15, -0.1) is 0 Å². The van der Waals surface area contributed by atoms with Gasteiger partial charge in [0, 0.05) is 11.6 Å². The molecule has 4 nitrogen and oxygen atoms in total. The first-order valence-electron chi connectivity index (χ1n) is 7.25. The van der Waals surface area contributed by atoms with Crippen molar-refractivity contribution in [2.45, 2.75) is 53.2 Å². The minimum absolute atomic E-state index is 0.0295. The largest absolute Gasteiger partial charge is 0.443 e. The zero-order valence-electron chi connectivity index (χ0n) is 13.4. The van der Waals surface area contributed by atoms with Crippen LogP contribution in [0.5, 0.6) is 0 Å². The number of carbonyl (C=O) groups excluding carboxylic acids is 1. The van der Waals surface area contributed by atoms with Gasteiger partial charge < -0.3 is 9.84 Å². The van der Waals surface area contributed by atoms with Crippen molar-refractivity contribution in [3.8, 4) is 0 Å². The predicted molar refractivity (Wildman–Crippen MR) is 83.6 cm³/mol. The molecule has 114 valence electrons. The van der Waals surface area contributed by atoms with E-state index in [2.05, 4.69) is 6.92 Å². The monoisotopic (exact) mass is 289 g/mol. The van der Waals surface area contributed by atoms with Gasteiger partial charge in [0.2, 0.25) is 0 Å². The topological polar surface area (TPSA) is 51.5 Å². The van der Waals surface area contributed by atoms with Crippen LogP contribution in [0.4, 0.5) is 4.79 Å². The van der Waals surface area contributed by atoms with Crippen molar-refractivity contribution in [2.24, 2.45) is 0 Å². The Labute approximate surface area is 125 Å². The molecule has 0 atom stereocenters. The molecule has 0 aliphatic carbocycles. The van der Waals surface area contributed by atoms with E-state index in [0.717, 1.165) is 34.0 Å². The second-order valence-electron chi connectivity index (χ2n) is 6.27. The molecule has 0 radical (unpaired) electrons. The first kappa shape index (κ1) is 15.6. The quantitative estimate of drug-likeness (QED) is 0.915. The van der Waals surface area contributed by atoms with Crippen LogP contribution in [0.15, 0.2) is 18.3 Å². The molecule has 0 aliphatic heterocycles. The van der Waals surface area contributed by atoms with Crippen LogP contribution in [-0.2, 0) is 17.8 Å². The summed E-state index contributed by atoms with van der Waals surface area (Å²) in [5.74, 6) is 0. The Morgan fingerprint density at radius 3 is 2.57 bits per heavy atom. The summed E-state index contributed by atoms with van der Waals surface area (Å²) in [5, 5.41) is 10.6. The molecule has 1 aromatic carbocycles. The van der Waals surface area contributed by atoms with Gasteiger partial charge in [0.1, 0.15) is 5.60 Å². The summed E-state index contributed by atoms with van der Waals surface area (Å²) < 4.78 is 6.96. The maximum atomic E-state index is 12.3. The van der Waals surface area contributed by atoms with Crippen LogP contribution < -0.4 is 0 Å². The van der Waals surface area contributed by atoms with Crippen molar-refractivity contribution < 1.29 is 14.6 Å². The summed E-state index contributed by atoms with van der Waals surface area (Å²) in [7, 11) is 0. The van der Waals surface area contributed by atoms with Crippen molar-refractivity contribution in [1.29, 1.82) is 0 Å². The molecule has 2 rings (SSSR count).